The molecule has 0 radical (unpaired) electrons. The zero-order chi connectivity index (χ0) is 21.8. The number of carbonyl (C=O) groups excluding carboxylic acids is 2. The number of nitrogens with zero attached hydrogens (tertiary/aromatic N) is 1. The first-order valence-electron chi connectivity index (χ1n) is 9.14. The normalized spacial score (nSPS) is 10.7. The maximum Gasteiger partial charge on any atom is 0.269 e. The Labute approximate surface area is 176 Å². The Hall–Kier alpha value is -3.40. The van der Waals surface area contributed by atoms with Crippen molar-refractivity contribution >= 4 is 33.4 Å². The SMILES string of the molecule is COc1ccc(C(=O)NNC(=O)CCc2nc3sc(C)c(C)c3c(=O)[nH]2)cc1OC. The van der Waals surface area contributed by atoms with Crippen molar-refractivity contribution in [3.63, 3.8) is 0 Å². The van der Waals surface area contributed by atoms with Crippen LogP contribution in [-0.2, 0) is 11.2 Å². The smallest absolute Gasteiger partial charge is 0.269 e. The number of hydrogen-bond acceptors (Lipinski definition) is 7. The van der Waals surface area contributed by atoms with Crippen molar-refractivity contribution in [1.82, 2.24) is 20.8 Å². The van der Waals surface area contributed by atoms with Gasteiger partial charge in [-0.1, -0.05) is 0 Å². The first-order valence-corrected chi connectivity index (χ1v) is 9.95. The van der Waals surface area contributed by atoms with Crippen molar-refractivity contribution in [3.8, 4) is 11.5 Å². The lowest BCUT2D eigenvalue weighted by molar-refractivity contribution is -0.121. The minimum atomic E-state index is -0.498. The van der Waals surface area contributed by atoms with Crippen LogP contribution in [0.15, 0.2) is 23.0 Å². The van der Waals surface area contributed by atoms with Crippen molar-refractivity contribution in [2.75, 3.05) is 14.2 Å². The maximum atomic E-state index is 12.3. The van der Waals surface area contributed by atoms with E-state index in [1.165, 1.54) is 31.6 Å². The molecule has 0 saturated carbocycles. The van der Waals surface area contributed by atoms with Gasteiger partial charge in [0.05, 0.1) is 19.6 Å². The molecule has 3 N–H and O–H groups in total. The van der Waals surface area contributed by atoms with Crippen molar-refractivity contribution in [1.29, 1.82) is 0 Å². The van der Waals surface area contributed by atoms with Gasteiger partial charge in [-0.05, 0) is 37.6 Å². The van der Waals surface area contributed by atoms with Crippen molar-refractivity contribution in [2.45, 2.75) is 26.7 Å². The Morgan fingerprint density at radius 1 is 1.13 bits per heavy atom. The monoisotopic (exact) mass is 430 g/mol. The summed E-state index contributed by atoms with van der Waals surface area (Å²) in [5.74, 6) is 0.413. The molecule has 0 fully saturated rings. The first kappa shape index (κ1) is 21.3. The molecule has 30 heavy (non-hydrogen) atoms. The van der Waals surface area contributed by atoms with Gasteiger partial charge in [-0.25, -0.2) is 4.98 Å². The van der Waals surface area contributed by atoms with Gasteiger partial charge in [0.1, 0.15) is 10.7 Å². The number of methoxy groups -OCH3 is 2. The van der Waals surface area contributed by atoms with E-state index >= 15 is 0 Å². The highest BCUT2D eigenvalue weighted by molar-refractivity contribution is 7.18. The molecule has 0 spiro atoms. The molecule has 0 unspecified atom stereocenters. The van der Waals surface area contributed by atoms with Gasteiger partial charge in [0, 0.05) is 23.3 Å². The average Bonchev–Trinajstić information content (AvgIpc) is 3.03. The fourth-order valence-corrected chi connectivity index (χ4v) is 3.94. The molecule has 0 aliphatic carbocycles. The molecule has 9 nitrogen and oxygen atoms in total. The second kappa shape index (κ2) is 8.95. The largest absolute Gasteiger partial charge is 0.493 e. The van der Waals surface area contributed by atoms with Crippen LogP contribution >= 0.6 is 11.3 Å². The molecular formula is C20H22N4O5S. The summed E-state index contributed by atoms with van der Waals surface area (Å²) in [6, 6.07) is 4.66. The molecule has 0 saturated heterocycles. The van der Waals surface area contributed by atoms with E-state index in [9.17, 15) is 14.4 Å². The van der Waals surface area contributed by atoms with Gasteiger partial charge in [0.25, 0.3) is 11.5 Å². The van der Waals surface area contributed by atoms with Crippen molar-refractivity contribution in [2.24, 2.45) is 0 Å². The standard InChI is InChI=1S/C20H22N4O5S/c1-10-11(2)30-20-17(10)19(27)21-15(22-20)7-8-16(25)23-24-18(26)12-5-6-13(28-3)14(9-12)29-4/h5-6,9H,7-8H2,1-4H3,(H,23,25)(H,24,26)(H,21,22,27). The lowest BCUT2D eigenvalue weighted by Gasteiger charge is -2.10. The van der Waals surface area contributed by atoms with Gasteiger partial charge in [-0.2, -0.15) is 0 Å². The van der Waals surface area contributed by atoms with Gasteiger partial charge in [-0.15, -0.1) is 11.3 Å². The predicted octanol–water partition coefficient (Wildman–Crippen LogP) is 2.01. The summed E-state index contributed by atoms with van der Waals surface area (Å²) in [6.07, 6.45) is 0.281. The number of carbonyl (C=O) groups is 2. The molecular weight excluding hydrogens is 408 g/mol. The zero-order valence-corrected chi connectivity index (χ0v) is 17.9. The first-order chi connectivity index (χ1) is 14.3. The van der Waals surface area contributed by atoms with Crippen molar-refractivity contribution < 1.29 is 19.1 Å². The van der Waals surface area contributed by atoms with Crippen LogP contribution in [0.5, 0.6) is 11.5 Å². The van der Waals surface area contributed by atoms with E-state index in [1.54, 1.807) is 12.1 Å². The van der Waals surface area contributed by atoms with Crippen LogP contribution in [0.3, 0.4) is 0 Å². The Morgan fingerprint density at radius 3 is 2.57 bits per heavy atom. The molecule has 3 rings (SSSR count). The molecule has 3 aromatic rings. The summed E-state index contributed by atoms with van der Waals surface area (Å²) in [7, 11) is 2.97. The molecule has 158 valence electrons. The summed E-state index contributed by atoms with van der Waals surface area (Å²) >= 11 is 1.45. The number of hydrogen-bond donors (Lipinski definition) is 3. The van der Waals surface area contributed by atoms with Gasteiger partial charge >= 0.3 is 0 Å². The van der Waals surface area contributed by atoms with Crippen LogP contribution < -0.4 is 25.9 Å². The highest BCUT2D eigenvalue weighted by Gasteiger charge is 2.14. The summed E-state index contributed by atoms with van der Waals surface area (Å²) in [5, 5.41) is 0.591. The Bertz CT molecular complexity index is 1170. The fourth-order valence-electron chi connectivity index (χ4n) is 2.89. The molecule has 0 aliphatic rings. The van der Waals surface area contributed by atoms with Crippen LogP contribution in [0.1, 0.15) is 33.0 Å². The van der Waals surface area contributed by atoms with Gasteiger partial charge in [-0.3, -0.25) is 25.2 Å². The highest BCUT2D eigenvalue weighted by atomic mass is 32.1. The quantitative estimate of drug-likeness (QED) is 0.514. The van der Waals surface area contributed by atoms with Gasteiger partial charge in [0.15, 0.2) is 11.5 Å². The van der Waals surface area contributed by atoms with E-state index in [-0.39, 0.29) is 18.4 Å². The van der Waals surface area contributed by atoms with E-state index < -0.39 is 11.8 Å². The number of aromatic amines is 1. The van der Waals surface area contributed by atoms with Gasteiger partial charge < -0.3 is 14.5 Å². The molecule has 0 bridgehead atoms. The fraction of sp³-hybridized carbons (Fsp3) is 0.300. The molecule has 0 aliphatic heterocycles. The minimum Gasteiger partial charge on any atom is -0.493 e. The lowest BCUT2D eigenvalue weighted by Crippen LogP contribution is -2.41. The minimum absolute atomic E-state index is 0.0456. The molecule has 0 atom stereocenters. The maximum absolute atomic E-state index is 12.3. The Morgan fingerprint density at radius 2 is 1.87 bits per heavy atom. The third-order valence-corrected chi connectivity index (χ3v) is 5.74. The topological polar surface area (TPSA) is 122 Å². The average molecular weight is 430 g/mol. The number of aromatic nitrogens is 2. The number of fused-ring (bicyclic) bond motifs is 1. The summed E-state index contributed by atoms with van der Waals surface area (Å²) in [5.41, 5.74) is 5.72. The molecule has 2 heterocycles. The van der Waals surface area contributed by atoms with Crippen LogP contribution in [0.25, 0.3) is 10.2 Å². The Balaban J connectivity index is 1.58. The van der Waals surface area contributed by atoms with E-state index in [2.05, 4.69) is 20.8 Å². The molecule has 1 aromatic carbocycles. The van der Waals surface area contributed by atoms with E-state index in [0.29, 0.717) is 33.1 Å². The van der Waals surface area contributed by atoms with E-state index in [1.807, 2.05) is 13.8 Å². The van der Waals surface area contributed by atoms with Crippen LogP contribution in [0.4, 0.5) is 0 Å². The third-order valence-electron chi connectivity index (χ3n) is 4.64. The third kappa shape index (κ3) is 4.43. The number of H-pyrrole nitrogens is 1. The number of ether oxygens (including phenoxy) is 2. The Kier molecular flexibility index (Phi) is 6.36. The van der Waals surface area contributed by atoms with Gasteiger partial charge in [0.2, 0.25) is 5.91 Å². The number of aryl methyl sites for hydroxylation is 3. The summed E-state index contributed by atoms with van der Waals surface area (Å²) < 4.78 is 10.3. The molecule has 2 amide bonds. The highest BCUT2D eigenvalue weighted by Crippen LogP contribution is 2.27. The van der Waals surface area contributed by atoms with E-state index in [0.717, 1.165) is 10.4 Å². The van der Waals surface area contributed by atoms with E-state index in [4.69, 9.17) is 9.47 Å². The molecule has 2 aromatic heterocycles. The van der Waals surface area contributed by atoms with Crippen LogP contribution in [0, 0.1) is 13.8 Å². The predicted molar refractivity (Wildman–Crippen MR) is 113 cm³/mol. The number of nitrogens with one attached hydrogen (secondary N) is 3. The second-order valence-corrected chi connectivity index (χ2v) is 7.75. The second-order valence-electron chi connectivity index (χ2n) is 6.55. The van der Waals surface area contributed by atoms with Crippen LogP contribution in [-0.4, -0.2) is 36.0 Å². The summed E-state index contributed by atoms with van der Waals surface area (Å²) in [6.45, 7) is 3.83. The van der Waals surface area contributed by atoms with Crippen LogP contribution in [0.2, 0.25) is 0 Å². The number of rotatable bonds is 6. The number of amides is 2. The lowest BCUT2D eigenvalue weighted by atomic mass is 10.2. The number of benzene rings is 1. The summed E-state index contributed by atoms with van der Waals surface area (Å²) in [4.78, 5) is 45.5. The number of hydrazine groups is 1. The zero-order valence-electron chi connectivity index (χ0n) is 17.0. The molecule has 10 heteroatoms. The van der Waals surface area contributed by atoms with Crippen molar-refractivity contribution in [3.05, 3.63) is 50.4 Å². The number of thiophene rings is 1.